The van der Waals surface area contributed by atoms with Crippen molar-refractivity contribution < 1.29 is 4.74 Å². The van der Waals surface area contributed by atoms with Crippen LogP contribution in [0.2, 0.25) is 0 Å². The fourth-order valence-corrected chi connectivity index (χ4v) is 6.40. The molecule has 40 heavy (non-hydrogen) atoms. The highest BCUT2D eigenvalue weighted by molar-refractivity contribution is 5.87. The number of hydrogen-bond acceptors (Lipinski definition) is 8. The molecule has 3 unspecified atom stereocenters. The Morgan fingerprint density at radius 1 is 1.07 bits per heavy atom. The second-order valence-electron chi connectivity index (χ2n) is 11.1. The fourth-order valence-electron chi connectivity index (χ4n) is 6.40. The van der Waals surface area contributed by atoms with E-state index >= 15 is 0 Å². The van der Waals surface area contributed by atoms with Gasteiger partial charge in [0.2, 0.25) is 5.88 Å². The van der Waals surface area contributed by atoms with Gasteiger partial charge in [0.15, 0.2) is 0 Å². The predicted molar refractivity (Wildman–Crippen MR) is 154 cm³/mol. The van der Waals surface area contributed by atoms with E-state index in [0.717, 1.165) is 60.6 Å². The van der Waals surface area contributed by atoms with Crippen molar-refractivity contribution in [2.24, 2.45) is 0 Å². The van der Waals surface area contributed by atoms with Gasteiger partial charge in [-0.15, -0.1) is 0 Å². The molecule has 1 N–H and O–H groups in total. The van der Waals surface area contributed by atoms with Crippen LogP contribution < -0.4 is 15.0 Å². The highest BCUT2D eigenvalue weighted by atomic mass is 16.5. The average molecular weight is 533 g/mol. The summed E-state index contributed by atoms with van der Waals surface area (Å²) in [6, 6.07) is 14.3. The van der Waals surface area contributed by atoms with E-state index in [1.165, 1.54) is 17.6 Å². The van der Waals surface area contributed by atoms with Crippen molar-refractivity contribution >= 4 is 16.9 Å². The molecule has 0 aromatic carbocycles. The van der Waals surface area contributed by atoms with E-state index in [1.807, 2.05) is 29.2 Å². The van der Waals surface area contributed by atoms with Crippen LogP contribution in [-0.4, -0.2) is 69.4 Å². The molecule has 9 heteroatoms. The molecule has 8 rings (SSSR count). The summed E-state index contributed by atoms with van der Waals surface area (Å²) in [6.07, 6.45) is 12.0. The van der Waals surface area contributed by atoms with Crippen molar-refractivity contribution in [3.8, 4) is 23.1 Å². The van der Waals surface area contributed by atoms with Gasteiger partial charge in [-0.05, 0) is 54.7 Å². The molecule has 8 heterocycles. The summed E-state index contributed by atoms with van der Waals surface area (Å²) in [4.78, 5) is 14.3. The van der Waals surface area contributed by atoms with Crippen molar-refractivity contribution in [2.45, 2.75) is 44.4 Å². The summed E-state index contributed by atoms with van der Waals surface area (Å²) >= 11 is 0. The van der Waals surface area contributed by atoms with Gasteiger partial charge >= 0.3 is 0 Å². The SMILES string of the molecule is COc1ccc(CN2C3CC2CN(c2ccc(-c4cc(C5=CCNC(C)C5)cn5ncc(C#N)c45)cn2)C3)cn1. The molecule has 0 spiro atoms. The van der Waals surface area contributed by atoms with Crippen molar-refractivity contribution in [3.63, 3.8) is 0 Å². The number of hydrogen-bond donors (Lipinski definition) is 1. The van der Waals surface area contributed by atoms with E-state index in [1.54, 1.807) is 13.3 Å². The molecule has 0 amide bonds. The Kier molecular flexibility index (Phi) is 6.22. The van der Waals surface area contributed by atoms with E-state index in [4.69, 9.17) is 9.72 Å². The van der Waals surface area contributed by atoms with Crippen LogP contribution in [0.3, 0.4) is 0 Å². The first kappa shape index (κ1) is 24.8. The molecule has 0 aliphatic carbocycles. The maximum Gasteiger partial charge on any atom is 0.212 e. The van der Waals surface area contributed by atoms with Gasteiger partial charge in [-0.25, -0.2) is 14.5 Å². The largest absolute Gasteiger partial charge is 0.481 e. The Hall–Kier alpha value is -4.26. The summed E-state index contributed by atoms with van der Waals surface area (Å²) in [5, 5.41) is 17.8. The second kappa shape index (κ2) is 10.0. The van der Waals surface area contributed by atoms with E-state index in [0.29, 0.717) is 29.6 Å². The van der Waals surface area contributed by atoms with Gasteiger partial charge in [-0.1, -0.05) is 12.1 Å². The van der Waals surface area contributed by atoms with Crippen molar-refractivity contribution in [1.29, 1.82) is 5.26 Å². The molecule has 3 atom stereocenters. The number of nitrogens with zero attached hydrogens (tertiary/aromatic N) is 7. The zero-order valence-electron chi connectivity index (χ0n) is 22.8. The Labute approximate surface area is 233 Å². The number of pyridine rings is 3. The Balaban J connectivity index is 1.12. The van der Waals surface area contributed by atoms with Gasteiger partial charge in [0, 0.05) is 80.1 Å². The van der Waals surface area contributed by atoms with Crippen molar-refractivity contribution in [2.75, 3.05) is 31.6 Å². The third kappa shape index (κ3) is 4.39. The molecule has 9 nitrogen and oxygen atoms in total. The molecule has 202 valence electrons. The first-order valence-electron chi connectivity index (χ1n) is 13.9. The fraction of sp³-hybridized carbons (Fsp3) is 0.355. The molecular weight excluding hydrogens is 500 g/mol. The minimum Gasteiger partial charge on any atom is -0.481 e. The number of methoxy groups -OCH3 is 1. The zero-order valence-corrected chi connectivity index (χ0v) is 22.8. The van der Waals surface area contributed by atoms with E-state index in [-0.39, 0.29) is 0 Å². The summed E-state index contributed by atoms with van der Waals surface area (Å²) in [5.74, 6) is 1.65. The second-order valence-corrected chi connectivity index (χ2v) is 11.1. The Morgan fingerprint density at radius 2 is 1.95 bits per heavy atom. The lowest BCUT2D eigenvalue weighted by Crippen LogP contribution is -2.68. The quantitative estimate of drug-likeness (QED) is 0.400. The third-order valence-electron chi connectivity index (χ3n) is 8.54. The van der Waals surface area contributed by atoms with Crippen molar-refractivity contribution in [3.05, 3.63) is 77.9 Å². The van der Waals surface area contributed by atoms with Crippen LogP contribution in [0.25, 0.3) is 22.2 Å². The number of piperazine rings is 1. The predicted octanol–water partition coefficient (Wildman–Crippen LogP) is 3.90. The highest BCUT2D eigenvalue weighted by Gasteiger charge is 2.44. The molecule has 4 aromatic rings. The molecular formula is C31H32N8O. The first-order valence-corrected chi connectivity index (χ1v) is 13.9. The smallest absolute Gasteiger partial charge is 0.212 e. The minimum absolute atomic E-state index is 0.423. The van der Waals surface area contributed by atoms with Crippen LogP contribution in [0.15, 0.2) is 61.2 Å². The number of piperidine rings is 1. The maximum absolute atomic E-state index is 9.77. The monoisotopic (exact) mass is 532 g/mol. The maximum atomic E-state index is 9.77. The molecule has 3 saturated heterocycles. The van der Waals surface area contributed by atoms with Gasteiger partial charge in [-0.2, -0.15) is 10.4 Å². The van der Waals surface area contributed by atoms with Gasteiger partial charge in [0.1, 0.15) is 11.9 Å². The molecule has 2 bridgehead atoms. The number of rotatable bonds is 6. The lowest BCUT2D eigenvalue weighted by molar-refractivity contribution is -0.00876. The van der Waals surface area contributed by atoms with Crippen molar-refractivity contribution in [1.82, 2.24) is 29.8 Å². The minimum atomic E-state index is 0.423. The number of nitriles is 1. The van der Waals surface area contributed by atoms with Gasteiger partial charge < -0.3 is 15.0 Å². The lowest BCUT2D eigenvalue weighted by atomic mass is 9.87. The third-order valence-corrected chi connectivity index (χ3v) is 8.54. The Bertz CT molecular complexity index is 1610. The number of aromatic nitrogens is 4. The number of anilines is 1. The van der Waals surface area contributed by atoms with E-state index in [9.17, 15) is 5.26 Å². The van der Waals surface area contributed by atoms with Gasteiger partial charge in [-0.3, -0.25) is 4.90 Å². The summed E-state index contributed by atoms with van der Waals surface area (Å²) in [5.41, 5.74) is 7.02. The molecule has 4 aromatic heterocycles. The molecule has 4 aliphatic rings. The topological polar surface area (TPSA) is 94.6 Å². The molecule has 0 saturated carbocycles. The molecule has 0 radical (unpaired) electrons. The number of ether oxygens (including phenoxy) is 1. The van der Waals surface area contributed by atoms with Crippen LogP contribution in [0, 0.1) is 11.3 Å². The Morgan fingerprint density at radius 3 is 2.65 bits per heavy atom. The van der Waals surface area contributed by atoms with Crippen LogP contribution in [0.1, 0.15) is 36.5 Å². The van der Waals surface area contributed by atoms with Crippen LogP contribution >= 0.6 is 0 Å². The van der Waals surface area contributed by atoms with Crippen LogP contribution in [0.5, 0.6) is 5.88 Å². The average Bonchev–Trinajstić information content (AvgIpc) is 3.43. The van der Waals surface area contributed by atoms with Crippen LogP contribution in [-0.2, 0) is 6.54 Å². The zero-order chi connectivity index (χ0) is 27.2. The first-order chi connectivity index (χ1) is 19.6. The van der Waals surface area contributed by atoms with Gasteiger partial charge in [0.25, 0.3) is 0 Å². The normalized spacial score (nSPS) is 22.5. The summed E-state index contributed by atoms with van der Waals surface area (Å²) in [6.45, 7) is 5.91. The van der Waals surface area contributed by atoms with E-state index < -0.39 is 0 Å². The highest BCUT2D eigenvalue weighted by Crippen LogP contribution is 2.37. The molecule has 4 aliphatic heterocycles. The summed E-state index contributed by atoms with van der Waals surface area (Å²) in [7, 11) is 1.64. The number of nitrogens with one attached hydrogen (secondary N) is 1. The standard InChI is InChI=1S/C31H32N8O/c1-20-9-22(7-8-33-20)24-10-28(31-25(12-32)15-36-39(31)17-24)23-4-5-29(34-14-23)37-18-26-11-27(19-37)38(26)16-21-3-6-30(40-2)35-13-21/h3-7,10,13-15,17,20,26-27,33H,8-9,11,16,18-19H2,1-2H3. The van der Waals surface area contributed by atoms with Gasteiger partial charge in [0.05, 0.1) is 24.4 Å². The number of fused-ring (bicyclic) bond motifs is 3. The van der Waals surface area contributed by atoms with Crippen LogP contribution in [0.4, 0.5) is 5.82 Å². The van der Waals surface area contributed by atoms with E-state index in [2.05, 4.69) is 68.5 Å². The summed E-state index contributed by atoms with van der Waals surface area (Å²) < 4.78 is 7.04. The molecule has 3 fully saturated rings. The lowest BCUT2D eigenvalue weighted by Gasteiger charge is -2.56.